The first-order chi connectivity index (χ1) is 10.0. The largest absolute Gasteiger partial charge is 0.507 e. The Morgan fingerprint density at radius 2 is 1.95 bits per heavy atom. The lowest BCUT2D eigenvalue weighted by atomic mass is 10.1. The molecule has 0 atom stereocenters. The number of hydrogen-bond acceptors (Lipinski definition) is 3. The SMILES string of the molecule is Cc1cc(=O)oc2c(C[NH+]3CC[NH+](C)CC3)c(O)ccc12. The molecule has 0 amide bonds. The second-order valence-corrected chi connectivity index (χ2v) is 6.07. The van der Waals surface area contributed by atoms with Crippen LogP contribution in [0.25, 0.3) is 11.0 Å². The molecule has 3 rings (SSSR count). The minimum atomic E-state index is -0.357. The summed E-state index contributed by atoms with van der Waals surface area (Å²) in [6.45, 7) is 6.98. The van der Waals surface area contributed by atoms with Crippen molar-refractivity contribution in [3.05, 3.63) is 39.7 Å². The Kier molecular flexibility index (Phi) is 3.69. The van der Waals surface area contributed by atoms with Crippen LogP contribution >= 0.6 is 0 Å². The maximum atomic E-state index is 11.6. The summed E-state index contributed by atoms with van der Waals surface area (Å²) in [5.74, 6) is 0.218. The third kappa shape index (κ3) is 2.80. The average Bonchev–Trinajstić information content (AvgIpc) is 2.44. The van der Waals surface area contributed by atoms with Crippen LogP contribution in [0.15, 0.2) is 27.4 Å². The van der Waals surface area contributed by atoms with Gasteiger partial charge in [0, 0.05) is 11.5 Å². The monoisotopic (exact) mass is 290 g/mol. The van der Waals surface area contributed by atoms with E-state index in [1.165, 1.54) is 11.0 Å². The summed E-state index contributed by atoms with van der Waals surface area (Å²) < 4.78 is 5.38. The van der Waals surface area contributed by atoms with Crippen LogP contribution in [-0.2, 0) is 6.54 Å². The number of phenolic OH excluding ortho intramolecular Hbond substituents is 1. The van der Waals surface area contributed by atoms with Crippen molar-refractivity contribution in [3.8, 4) is 5.75 Å². The van der Waals surface area contributed by atoms with Gasteiger partial charge in [0.25, 0.3) is 0 Å². The van der Waals surface area contributed by atoms with Crippen LogP contribution in [0.2, 0.25) is 0 Å². The standard InChI is InChI=1S/C16H20N2O3/c1-11-9-15(20)21-16-12(11)3-4-14(19)13(16)10-18-7-5-17(2)6-8-18/h3-4,9,19H,5-8,10H2,1-2H3/p+2. The van der Waals surface area contributed by atoms with Crippen molar-refractivity contribution in [1.29, 1.82) is 0 Å². The Hall–Kier alpha value is -1.85. The molecule has 1 aromatic carbocycles. The van der Waals surface area contributed by atoms with E-state index in [4.69, 9.17) is 4.42 Å². The molecule has 1 saturated heterocycles. The highest BCUT2D eigenvalue weighted by molar-refractivity contribution is 5.84. The summed E-state index contributed by atoms with van der Waals surface area (Å²) in [6.07, 6.45) is 0. The van der Waals surface area contributed by atoms with Crippen LogP contribution in [0.1, 0.15) is 11.1 Å². The fraction of sp³-hybridized carbons (Fsp3) is 0.438. The maximum Gasteiger partial charge on any atom is 0.336 e. The molecule has 0 radical (unpaired) electrons. The molecule has 5 nitrogen and oxygen atoms in total. The van der Waals surface area contributed by atoms with E-state index in [0.717, 1.165) is 42.7 Å². The molecule has 0 unspecified atom stereocenters. The van der Waals surface area contributed by atoms with Crippen LogP contribution in [0.3, 0.4) is 0 Å². The Morgan fingerprint density at radius 1 is 1.24 bits per heavy atom. The molecule has 0 saturated carbocycles. The van der Waals surface area contributed by atoms with Crippen LogP contribution < -0.4 is 15.4 Å². The Bertz CT molecular complexity index is 715. The molecule has 1 fully saturated rings. The molecule has 5 heteroatoms. The predicted octanol–water partition coefficient (Wildman–Crippen LogP) is -1.28. The first kappa shape index (κ1) is 14.1. The summed E-state index contributed by atoms with van der Waals surface area (Å²) in [6, 6.07) is 5.01. The number of likely N-dealkylation sites (N-methyl/N-ethyl adjacent to an activating group) is 1. The smallest absolute Gasteiger partial charge is 0.336 e. The highest BCUT2D eigenvalue weighted by Crippen LogP contribution is 2.27. The van der Waals surface area contributed by atoms with Crippen LogP contribution in [0.5, 0.6) is 5.75 Å². The van der Waals surface area contributed by atoms with E-state index >= 15 is 0 Å². The van der Waals surface area contributed by atoms with Crippen molar-refractivity contribution in [3.63, 3.8) is 0 Å². The van der Waals surface area contributed by atoms with Crippen molar-refractivity contribution in [1.82, 2.24) is 0 Å². The number of hydrogen-bond donors (Lipinski definition) is 3. The Balaban J connectivity index is 2.01. The molecule has 112 valence electrons. The highest BCUT2D eigenvalue weighted by atomic mass is 16.4. The van der Waals surface area contributed by atoms with Gasteiger partial charge in [0.2, 0.25) is 0 Å². The van der Waals surface area contributed by atoms with Gasteiger partial charge in [-0.05, 0) is 24.6 Å². The second kappa shape index (κ2) is 5.50. The molecule has 1 aliphatic heterocycles. The van der Waals surface area contributed by atoms with Gasteiger partial charge < -0.3 is 19.3 Å². The fourth-order valence-electron chi connectivity index (χ4n) is 3.06. The quantitative estimate of drug-likeness (QED) is 0.604. The van der Waals surface area contributed by atoms with Gasteiger partial charge in [-0.1, -0.05) is 0 Å². The summed E-state index contributed by atoms with van der Waals surface area (Å²) in [5, 5.41) is 11.1. The number of aromatic hydroxyl groups is 1. The highest BCUT2D eigenvalue weighted by Gasteiger charge is 2.23. The molecule has 3 N–H and O–H groups in total. The number of aryl methyl sites for hydroxylation is 1. The van der Waals surface area contributed by atoms with Gasteiger partial charge in [-0.2, -0.15) is 0 Å². The van der Waals surface area contributed by atoms with E-state index in [2.05, 4.69) is 7.05 Å². The lowest BCUT2D eigenvalue weighted by molar-refractivity contribution is -1.01. The molecule has 1 aliphatic rings. The van der Waals surface area contributed by atoms with E-state index in [-0.39, 0.29) is 11.4 Å². The minimum Gasteiger partial charge on any atom is -0.507 e. The summed E-state index contributed by atoms with van der Waals surface area (Å²) in [7, 11) is 2.20. The Morgan fingerprint density at radius 3 is 2.67 bits per heavy atom. The third-order valence-corrected chi connectivity index (χ3v) is 4.44. The molecule has 0 bridgehead atoms. The first-order valence-electron chi connectivity index (χ1n) is 7.45. The van der Waals surface area contributed by atoms with E-state index < -0.39 is 0 Å². The molecule has 1 aromatic heterocycles. The van der Waals surface area contributed by atoms with Gasteiger partial charge in [-0.25, -0.2) is 4.79 Å². The van der Waals surface area contributed by atoms with Crippen molar-refractivity contribution in [2.45, 2.75) is 13.5 Å². The van der Waals surface area contributed by atoms with Crippen LogP contribution in [0, 0.1) is 6.92 Å². The average molecular weight is 290 g/mol. The van der Waals surface area contributed by atoms with Crippen LogP contribution in [0.4, 0.5) is 0 Å². The molecular formula is C16H22N2O3+2. The number of quaternary nitrogens is 2. The molecule has 0 spiro atoms. The minimum absolute atomic E-state index is 0.218. The number of fused-ring (bicyclic) bond motifs is 1. The van der Waals surface area contributed by atoms with E-state index in [0.29, 0.717) is 12.1 Å². The number of phenols is 1. The van der Waals surface area contributed by atoms with Gasteiger partial charge in [0.15, 0.2) is 5.58 Å². The lowest BCUT2D eigenvalue weighted by Gasteiger charge is -2.27. The van der Waals surface area contributed by atoms with Gasteiger partial charge in [-0.3, -0.25) is 0 Å². The predicted molar refractivity (Wildman–Crippen MR) is 79.9 cm³/mol. The number of piperazine rings is 1. The zero-order chi connectivity index (χ0) is 15.0. The molecular weight excluding hydrogens is 268 g/mol. The molecule has 2 aromatic rings. The molecule has 0 aliphatic carbocycles. The normalized spacial score (nSPS) is 22.6. The zero-order valence-electron chi connectivity index (χ0n) is 12.5. The van der Waals surface area contributed by atoms with Crippen LogP contribution in [-0.4, -0.2) is 38.3 Å². The van der Waals surface area contributed by atoms with E-state index in [9.17, 15) is 9.90 Å². The van der Waals surface area contributed by atoms with E-state index in [1.807, 2.05) is 13.0 Å². The van der Waals surface area contributed by atoms with Crippen molar-refractivity contribution in [2.75, 3.05) is 33.2 Å². The van der Waals surface area contributed by atoms with Gasteiger partial charge >= 0.3 is 5.63 Å². The van der Waals surface area contributed by atoms with Crippen molar-refractivity contribution in [2.24, 2.45) is 0 Å². The summed E-state index contributed by atoms with van der Waals surface area (Å²) >= 11 is 0. The topological polar surface area (TPSA) is 59.3 Å². The molecule has 21 heavy (non-hydrogen) atoms. The third-order valence-electron chi connectivity index (χ3n) is 4.44. The van der Waals surface area contributed by atoms with Gasteiger partial charge in [0.05, 0.1) is 12.6 Å². The second-order valence-electron chi connectivity index (χ2n) is 6.07. The Labute approximate surface area is 123 Å². The van der Waals surface area contributed by atoms with E-state index in [1.54, 1.807) is 11.0 Å². The maximum absolute atomic E-state index is 11.6. The zero-order valence-corrected chi connectivity index (χ0v) is 12.5. The van der Waals surface area contributed by atoms with Crippen molar-refractivity contribution < 1.29 is 19.3 Å². The number of benzene rings is 1. The van der Waals surface area contributed by atoms with Gasteiger partial charge in [-0.15, -0.1) is 0 Å². The number of nitrogens with one attached hydrogen (secondary N) is 2. The van der Waals surface area contributed by atoms with Gasteiger partial charge in [0.1, 0.15) is 38.5 Å². The molecule has 2 heterocycles. The lowest BCUT2D eigenvalue weighted by Crippen LogP contribution is -3.26. The first-order valence-corrected chi connectivity index (χ1v) is 7.45. The fourth-order valence-corrected chi connectivity index (χ4v) is 3.06. The summed E-state index contributed by atoms with van der Waals surface area (Å²) in [5.41, 5.74) is 1.83. The summed E-state index contributed by atoms with van der Waals surface area (Å²) in [4.78, 5) is 14.6. The number of rotatable bonds is 2. The van der Waals surface area contributed by atoms with Crippen molar-refractivity contribution >= 4 is 11.0 Å².